The zero-order chi connectivity index (χ0) is 20.9. The van der Waals surface area contributed by atoms with Crippen molar-refractivity contribution in [3.8, 4) is 0 Å². The van der Waals surface area contributed by atoms with E-state index in [0.717, 1.165) is 11.3 Å². The molecule has 0 saturated heterocycles. The Morgan fingerprint density at radius 1 is 1.10 bits per heavy atom. The van der Waals surface area contributed by atoms with Crippen LogP contribution in [0, 0.1) is 0 Å². The smallest absolute Gasteiger partial charge is 0.408 e. The lowest BCUT2D eigenvalue weighted by Gasteiger charge is -2.18. The molecule has 2 rings (SSSR count). The molecule has 7 nitrogen and oxygen atoms in total. The number of hydrogen-bond donors (Lipinski definition) is 2. The highest BCUT2D eigenvalue weighted by molar-refractivity contribution is 7.98. The lowest BCUT2D eigenvalue weighted by atomic mass is 10.2. The molecule has 29 heavy (non-hydrogen) atoms. The number of amides is 2. The van der Waals surface area contributed by atoms with Gasteiger partial charge in [0.2, 0.25) is 5.91 Å². The largest absolute Gasteiger partial charge is 0.465 e. The van der Waals surface area contributed by atoms with Gasteiger partial charge in [-0.2, -0.15) is 11.8 Å². The fraction of sp³-hybridized carbons (Fsp3) is 0.350. The molecule has 1 heterocycles. The van der Waals surface area contributed by atoms with Gasteiger partial charge in [0.1, 0.15) is 19.2 Å². The minimum absolute atomic E-state index is 0.103. The molecule has 1 atom stereocenters. The summed E-state index contributed by atoms with van der Waals surface area (Å²) >= 11 is 3.14. The Kier molecular flexibility index (Phi) is 10.1. The second-order valence-electron chi connectivity index (χ2n) is 5.88. The molecule has 0 spiro atoms. The fourth-order valence-electron chi connectivity index (χ4n) is 2.26. The maximum absolute atomic E-state index is 12.5. The highest BCUT2D eigenvalue weighted by atomic mass is 32.2. The summed E-state index contributed by atoms with van der Waals surface area (Å²) in [4.78, 5) is 37.2. The van der Waals surface area contributed by atoms with Gasteiger partial charge in [0.25, 0.3) is 0 Å². The van der Waals surface area contributed by atoms with Crippen molar-refractivity contribution < 1.29 is 23.9 Å². The van der Waals surface area contributed by atoms with Gasteiger partial charge in [-0.1, -0.05) is 36.4 Å². The average molecular weight is 437 g/mol. The number of carbonyl (C=O) groups excluding carboxylic acids is 3. The summed E-state index contributed by atoms with van der Waals surface area (Å²) in [6, 6.07) is 12.4. The molecule has 1 unspecified atom stereocenters. The van der Waals surface area contributed by atoms with Crippen LogP contribution in [0.15, 0.2) is 47.8 Å². The third kappa shape index (κ3) is 9.01. The highest BCUT2D eigenvalue weighted by Crippen LogP contribution is 2.17. The summed E-state index contributed by atoms with van der Waals surface area (Å²) in [5.41, 5.74) is 0.845. The Labute approximate surface area is 178 Å². The number of hydrogen-bond acceptors (Lipinski definition) is 7. The number of thiophene rings is 1. The van der Waals surface area contributed by atoms with Crippen molar-refractivity contribution in [1.82, 2.24) is 10.6 Å². The summed E-state index contributed by atoms with van der Waals surface area (Å²) in [6.45, 7) is 1.78. The summed E-state index contributed by atoms with van der Waals surface area (Å²) in [5, 5.41) is 7.06. The Morgan fingerprint density at radius 2 is 1.90 bits per heavy atom. The van der Waals surface area contributed by atoms with E-state index >= 15 is 0 Å². The maximum Gasteiger partial charge on any atom is 0.408 e. The minimum Gasteiger partial charge on any atom is -0.465 e. The standard InChI is InChI=1S/C20H24N2O5S2/c1-2-26-18(23)11-21-19(24)17(14-28-13-16-9-6-10-29-16)22-20(25)27-12-15-7-4-3-5-8-15/h3-10,17H,2,11-14H2,1H3,(H,21,24)(H,22,25). The van der Waals surface area contributed by atoms with E-state index in [1.165, 1.54) is 16.6 Å². The first-order valence-corrected chi connectivity index (χ1v) is 11.1. The van der Waals surface area contributed by atoms with Crippen LogP contribution in [0.2, 0.25) is 0 Å². The normalized spacial score (nSPS) is 11.3. The molecule has 0 bridgehead atoms. The van der Waals surface area contributed by atoms with Crippen LogP contribution in [0.3, 0.4) is 0 Å². The van der Waals surface area contributed by atoms with Crippen LogP contribution in [0.1, 0.15) is 17.4 Å². The van der Waals surface area contributed by atoms with Gasteiger partial charge in [-0.25, -0.2) is 4.79 Å². The van der Waals surface area contributed by atoms with Gasteiger partial charge < -0.3 is 20.1 Å². The first-order chi connectivity index (χ1) is 14.1. The Hall–Kier alpha value is -2.52. The van der Waals surface area contributed by atoms with Gasteiger partial charge in [0, 0.05) is 16.4 Å². The predicted molar refractivity (Wildman–Crippen MR) is 114 cm³/mol. The number of rotatable bonds is 11. The van der Waals surface area contributed by atoms with E-state index < -0.39 is 24.0 Å². The average Bonchev–Trinajstić information content (AvgIpc) is 3.24. The van der Waals surface area contributed by atoms with Gasteiger partial charge >= 0.3 is 12.1 Å². The number of carbonyl (C=O) groups is 3. The molecule has 156 valence electrons. The lowest BCUT2D eigenvalue weighted by molar-refractivity contribution is -0.143. The molecular formula is C20H24N2O5S2. The zero-order valence-electron chi connectivity index (χ0n) is 16.1. The predicted octanol–water partition coefficient (Wildman–Crippen LogP) is 2.96. The molecular weight excluding hydrogens is 412 g/mol. The van der Waals surface area contributed by atoms with Crippen molar-refractivity contribution in [2.45, 2.75) is 25.3 Å². The van der Waals surface area contributed by atoms with E-state index in [1.54, 1.807) is 18.3 Å². The second kappa shape index (κ2) is 12.8. The Bertz CT molecular complexity index is 768. The number of alkyl carbamates (subject to hydrolysis) is 1. The molecule has 0 aliphatic carbocycles. The number of ether oxygens (including phenoxy) is 2. The monoisotopic (exact) mass is 436 g/mol. The van der Waals surface area contributed by atoms with E-state index in [0.29, 0.717) is 5.75 Å². The molecule has 0 fully saturated rings. The van der Waals surface area contributed by atoms with Crippen LogP contribution >= 0.6 is 23.1 Å². The molecule has 2 N–H and O–H groups in total. The Balaban J connectivity index is 1.86. The molecule has 0 radical (unpaired) electrons. The molecule has 0 saturated carbocycles. The zero-order valence-corrected chi connectivity index (χ0v) is 17.7. The summed E-state index contributed by atoms with van der Waals surface area (Å²) in [7, 11) is 0. The number of thioether (sulfide) groups is 1. The van der Waals surface area contributed by atoms with E-state index in [4.69, 9.17) is 9.47 Å². The van der Waals surface area contributed by atoms with Gasteiger partial charge in [-0.15, -0.1) is 11.3 Å². The fourth-order valence-corrected chi connectivity index (χ4v) is 4.15. The van der Waals surface area contributed by atoms with Crippen molar-refractivity contribution in [1.29, 1.82) is 0 Å². The van der Waals surface area contributed by atoms with Gasteiger partial charge in [-0.3, -0.25) is 9.59 Å². The van der Waals surface area contributed by atoms with E-state index in [-0.39, 0.29) is 19.8 Å². The van der Waals surface area contributed by atoms with Crippen molar-refractivity contribution in [2.24, 2.45) is 0 Å². The first-order valence-electron chi connectivity index (χ1n) is 9.09. The van der Waals surface area contributed by atoms with Crippen molar-refractivity contribution in [3.05, 3.63) is 58.3 Å². The first kappa shape index (κ1) is 22.8. The molecule has 1 aromatic carbocycles. The molecule has 2 aromatic rings. The number of esters is 1. The van der Waals surface area contributed by atoms with Crippen LogP contribution < -0.4 is 10.6 Å². The topological polar surface area (TPSA) is 93.7 Å². The van der Waals surface area contributed by atoms with Crippen LogP contribution in [0.5, 0.6) is 0 Å². The molecule has 1 aromatic heterocycles. The van der Waals surface area contributed by atoms with Crippen LogP contribution in [-0.4, -0.2) is 42.9 Å². The SMILES string of the molecule is CCOC(=O)CNC(=O)C(CSCc1cccs1)NC(=O)OCc1ccccc1. The second-order valence-corrected chi connectivity index (χ2v) is 7.94. The molecule has 9 heteroatoms. The number of nitrogens with one attached hydrogen (secondary N) is 2. The van der Waals surface area contributed by atoms with Crippen molar-refractivity contribution >= 4 is 41.1 Å². The third-order valence-corrected chi connectivity index (χ3v) is 5.79. The van der Waals surface area contributed by atoms with Gasteiger partial charge in [0.05, 0.1) is 6.61 Å². The highest BCUT2D eigenvalue weighted by Gasteiger charge is 2.22. The summed E-state index contributed by atoms with van der Waals surface area (Å²) in [6.07, 6.45) is -0.693. The number of benzene rings is 1. The van der Waals surface area contributed by atoms with Crippen molar-refractivity contribution in [2.75, 3.05) is 18.9 Å². The molecule has 0 aliphatic heterocycles. The Morgan fingerprint density at radius 3 is 2.59 bits per heavy atom. The van der Waals surface area contributed by atoms with Crippen LogP contribution in [0.25, 0.3) is 0 Å². The van der Waals surface area contributed by atoms with Crippen LogP contribution in [0.4, 0.5) is 4.79 Å². The quantitative estimate of drug-likeness (QED) is 0.526. The third-order valence-electron chi connectivity index (χ3n) is 3.64. The maximum atomic E-state index is 12.5. The van der Waals surface area contributed by atoms with E-state index in [2.05, 4.69) is 10.6 Å². The summed E-state index contributed by atoms with van der Waals surface area (Å²) < 4.78 is 10.00. The lowest BCUT2D eigenvalue weighted by Crippen LogP contribution is -2.49. The van der Waals surface area contributed by atoms with Gasteiger partial charge in [0.15, 0.2) is 0 Å². The van der Waals surface area contributed by atoms with Crippen molar-refractivity contribution in [3.63, 3.8) is 0 Å². The molecule has 2 amide bonds. The van der Waals surface area contributed by atoms with Crippen LogP contribution in [-0.2, 0) is 31.4 Å². The summed E-state index contributed by atoms with van der Waals surface area (Å²) in [5.74, 6) is 0.0680. The minimum atomic E-state index is -0.835. The van der Waals surface area contributed by atoms with E-state index in [1.807, 2.05) is 47.8 Å². The van der Waals surface area contributed by atoms with Gasteiger partial charge in [-0.05, 0) is 23.9 Å². The van der Waals surface area contributed by atoms with E-state index in [9.17, 15) is 14.4 Å². The molecule has 0 aliphatic rings.